The molecule has 1 saturated heterocycles. The first-order valence-corrected chi connectivity index (χ1v) is 5.83. The minimum Gasteiger partial charge on any atom is -0.371 e. The zero-order chi connectivity index (χ0) is 13.0. The van der Waals surface area contributed by atoms with E-state index in [1.54, 1.807) is 18.2 Å². The van der Waals surface area contributed by atoms with E-state index in [1.165, 1.54) is 6.07 Å². The molecule has 0 atom stereocenters. The lowest BCUT2D eigenvalue weighted by Crippen LogP contribution is -2.52. The maximum absolute atomic E-state index is 12.0. The lowest BCUT2D eigenvalue weighted by Gasteiger charge is -2.38. The number of benzene rings is 1. The molecule has 0 unspecified atom stereocenters. The van der Waals surface area contributed by atoms with Gasteiger partial charge in [-0.2, -0.15) is 0 Å². The number of nitro groups is 1. The average molecular weight is 254 g/mol. The zero-order valence-corrected chi connectivity index (χ0v) is 9.92. The van der Waals surface area contributed by atoms with Crippen LogP contribution in [0.4, 0.5) is 10.1 Å². The molecule has 0 spiro atoms. The van der Waals surface area contributed by atoms with Gasteiger partial charge in [0, 0.05) is 25.7 Å². The second-order valence-electron chi connectivity index (χ2n) is 4.27. The first-order chi connectivity index (χ1) is 8.70. The molecule has 0 saturated carbocycles. The molecule has 0 radical (unpaired) electrons. The van der Waals surface area contributed by atoms with Crippen LogP contribution in [-0.4, -0.2) is 42.2 Å². The van der Waals surface area contributed by atoms with Crippen LogP contribution in [0.1, 0.15) is 5.56 Å². The molecule has 1 aromatic rings. The number of hydrogen-bond acceptors (Lipinski definition) is 4. The Morgan fingerprint density at radius 3 is 2.83 bits per heavy atom. The van der Waals surface area contributed by atoms with Crippen molar-refractivity contribution in [3.63, 3.8) is 0 Å². The van der Waals surface area contributed by atoms with E-state index < -0.39 is 4.92 Å². The maximum Gasteiger partial charge on any atom is 0.274 e. The first kappa shape index (κ1) is 12.9. The summed E-state index contributed by atoms with van der Waals surface area (Å²) >= 11 is 0. The molecule has 0 bridgehead atoms. The molecule has 1 aliphatic heterocycles. The van der Waals surface area contributed by atoms with Crippen molar-refractivity contribution in [3.05, 3.63) is 39.9 Å². The fraction of sp³-hybridized carbons (Fsp3) is 0.500. The summed E-state index contributed by atoms with van der Waals surface area (Å²) in [6.45, 7) is 1.71. The predicted octanol–water partition coefficient (Wildman–Crippen LogP) is 1.77. The van der Waals surface area contributed by atoms with Crippen molar-refractivity contribution in [1.82, 2.24) is 4.90 Å². The van der Waals surface area contributed by atoms with E-state index in [1.807, 2.05) is 4.90 Å². The van der Waals surface area contributed by atoms with Gasteiger partial charge in [0.2, 0.25) is 0 Å². The Morgan fingerprint density at radius 2 is 2.17 bits per heavy atom. The molecule has 1 heterocycles. The third-order valence-electron chi connectivity index (χ3n) is 2.99. The zero-order valence-electron chi connectivity index (χ0n) is 9.92. The summed E-state index contributed by atoms with van der Waals surface area (Å²) in [5.74, 6) is 0. The van der Waals surface area contributed by atoms with E-state index in [0.29, 0.717) is 25.2 Å². The van der Waals surface area contributed by atoms with E-state index in [-0.39, 0.29) is 25.1 Å². The van der Waals surface area contributed by atoms with Crippen LogP contribution >= 0.6 is 0 Å². The minimum absolute atomic E-state index is 0.0522. The molecule has 0 aromatic heterocycles. The predicted molar refractivity (Wildman–Crippen MR) is 64.1 cm³/mol. The highest BCUT2D eigenvalue weighted by Crippen LogP contribution is 2.20. The van der Waals surface area contributed by atoms with Crippen molar-refractivity contribution < 1.29 is 14.1 Å². The Morgan fingerprint density at radius 1 is 1.44 bits per heavy atom. The van der Waals surface area contributed by atoms with Crippen LogP contribution in [0.3, 0.4) is 0 Å². The summed E-state index contributed by atoms with van der Waals surface area (Å²) in [5.41, 5.74) is 0.656. The van der Waals surface area contributed by atoms with Crippen molar-refractivity contribution in [2.75, 3.05) is 26.3 Å². The minimum atomic E-state index is -0.408. The Labute approximate surface area is 104 Å². The summed E-state index contributed by atoms with van der Waals surface area (Å²) in [4.78, 5) is 12.3. The molecule has 98 valence electrons. The molecule has 0 amide bonds. The molecule has 0 aliphatic carbocycles. The van der Waals surface area contributed by atoms with Gasteiger partial charge >= 0.3 is 0 Å². The number of rotatable bonds is 6. The van der Waals surface area contributed by atoms with Crippen molar-refractivity contribution in [2.45, 2.75) is 12.7 Å². The average Bonchev–Trinajstić information content (AvgIpc) is 2.32. The van der Waals surface area contributed by atoms with Gasteiger partial charge in [-0.15, -0.1) is 0 Å². The lowest BCUT2D eigenvalue weighted by atomic mass is 10.1. The van der Waals surface area contributed by atoms with Gasteiger partial charge < -0.3 is 4.74 Å². The Bertz CT molecular complexity index is 422. The number of halogens is 1. The SMILES string of the molecule is O=[N+]([O-])c1ccccc1COC1CN(CCF)C1. The topological polar surface area (TPSA) is 55.6 Å². The van der Waals surface area contributed by atoms with Crippen molar-refractivity contribution >= 4 is 5.69 Å². The summed E-state index contributed by atoms with van der Waals surface area (Å²) in [7, 11) is 0. The van der Waals surface area contributed by atoms with Gasteiger partial charge in [0.05, 0.1) is 23.2 Å². The van der Waals surface area contributed by atoms with Crippen LogP contribution in [0.25, 0.3) is 0 Å². The molecule has 1 aliphatic rings. The highest BCUT2D eigenvalue weighted by atomic mass is 19.1. The third-order valence-corrected chi connectivity index (χ3v) is 2.99. The fourth-order valence-electron chi connectivity index (χ4n) is 1.95. The summed E-state index contributed by atoms with van der Waals surface area (Å²) in [6, 6.07) is 6.54. The highest BCUT2D eigenvalue weighted by molar-refractivity contribution is 5.39. The maximum atomic E-state index is 12.0. The molecule has 18 heavy (non-hydrogen) atoms. The molecule has 1 aromatic carbocycles. The van der Waals surface area contributed by atoms with Crippen LogP contribution in [-0.2, 0) is 11.3 Å². The summed E-state index contributed by atoms with van der Waals surface area (Å²) in [5, 5.41) is 10.8. The van der Waals surface area contributed by atoms with Gasteiger partial charge in [0.1, 0.15) is 6.67 Å². The van der Waals surface area contributed by atoms with E-state index in [4.69, 9.17) is 4.74 Å². The molecule has 0 N–H and O–H groups in total. The number of nitro benzene ring substituents is 1. The van der Waals surface area contributed by atoms with Crippen LogP contribution < -0.4 is 0 Å². The van der Waals surface area contributed by atoms with E-state index in [9.17, 15) is 14.5 Å². The normalized spacial score (nSPS) is 16.5. The Hall–Kier alpha value is -1.53. The molecule has 2 rings (SSSR count). The van der Waals surface area contributed by atoms with Crippen LogP contribution in [0, 0.1) is 10.1 Å². The number of nitrogens with zero attached hydrogens (tertiary/aromatic N) is 2. The number of likely N-dealkylation sites (tertiary alicyclic amines) is 1. The van der Waals surface area contributed by atoms with E-state index >= 15 is 0 Å². The largest absolute Gasteiger partial charge is 0.371 e. The van der Waals surface area contributed by atoms with Crippen molar-refractivity contribution in [2.24, 2.45) is 0 Å². The Balaban J connectivity index is 1.83. The first-order valence-electron chi connectivity index (χ1n) is 5.83. The summed E-state index contributed by atoms with van der Waals surface area (Å²) in [6.07, 6.45) is 0.0522. The third kappa shape index (κ3) is 3.02. The highest BCUT2D eigenvalue weighted by Gasteiger charge is 2.27. The quantitative estimate of drug-likeness (QED) is 0.573. The Kier molecular flexibility index (Phi) is 4.22. The summed E-state index contributed by atoms with van der Waals surface area (Å²) < 4.78 is 17.6. The van der Waals surface area contributed by atoms with Crippen molar-refractivity contribution in [1.29, 1.82) is 0 Å². The molecule has 6 heteroatoms. The number of alkyl halides is 1. The number of ether oxygens (including phenoxy) is 1. The second-order valence-corrected chi connectivity index (χ2v) is 4.27. The molecule has 1 fully saturated rings. The van der Waals surface area contributed by atoms with Gasteiger partial charge in [-0.3, -0.25) is 15.0 Å². The van der Waals surface area contributed by atoms with Gasteiger partial charge in [0.25, 0.3) is 5.69 Å². The molecule has 5 nitrogen and oxygen atoms in total. The van der Waals surface area contributed by atoms with Gasteiger partial charge in [-0.25, -0.2) is 4.39 Å². The fourth-order valence-corrected chi connectivity index (χ4v) is 1.95. The lowest BCUT2D eigenvalue weighted by molar-refractivity contribution is -0.386. The van der Waals surface area contributed by atoms with Crippen LogP contribution in [0.2, 0.25) is 0 Å². The van der Waals surface area contributed by atoms with Crippen molar-refractivity contribution in [3.8, 4) is 0 Å². The van der Waals surface area contributed by atoms with Gasteiger partial charge in [-0.1, -0.05) is 12.1 Å². The monoisotopic (exact) mass is 254 g/mol. The van der Waals surface area contributed by atoms with Gasteiger partial charge in [0.15, 0.2) is 0 Å². The second kappa shape index (κ2) is 5.88. The molecular weight excluding hydrogens is 239 g/mol. The smallest absolute Gasteiger partial charge is 0.274 e. The van der Waals surface area contributed by atoms with E-state index in [2.05, 4.69) is 0 Å². The standard InChI is InChI=1S/C12H15FN2O3/c13-5-6-14-7-11(8-14)18-9-10-3-1-2-4-12(10)15(16)17/h1-4,11H,5-9H2. The number of hydrogen-bond donors (Lipinski definition) is 0. The van der Waals surface area contributed by atoms with Crippen LogP contribution in [0.15, 0.2) is 24.3 Å². The van der Waals surface area contributed by atoms with Gasteiger partial charge in [-0.05, 0) is 6.07 Å². The van der Waals surface area contributed by atoms with E-state index in [0.717, 1.165) is 0 Å². The molecular formula is C12H15FN2O3. The van der Waals surface area contributed by atoms with Crippen LogP contribution in [0.5, 0.6) is 0 Å². The number of para-hydroxylation sites is 1.